The van der Waals surface area contributed by atoms with Gasteiger partial charge in [0, 0.05) is 6.42 Å². The Morgan fingerprint density at radius 1 is 0.968 bits per heavy atom. The van der Waals surface area contributed by atoms with Crippen LogP contribution >= 0.6 is 0 Å². The zero-order chi connectivity index (χ0) is 21.5. The number of allylic oxidation sites excluding steroid dienone is 3. The molecule has 2 atom stereocenters. The summed E-state index contributed by atoms with van der Waals surface area (Å²) in [6.45, 7) is 7.54. The molecule has 1 heterocycles. The first kappa shape index (κ1) is 21.3. The Labute approximate surface area is 185 Å². The van der Waals surface area contributed by atoms with Crippen LogP contribution < -0.4 is 0 Å². The van der Waals surface area contributed by atoms with Crippen molar-refractivity contribution in [1.82, 2.24) is 0 Å². The summed E-state index contributed by atoms with van der Waals surface area (Å²) in [4.78, 5) is 0. The molecular formula is C27H30N2O2. The van der Waals surface area contributed by atoms with E-state index < -0.39 is 0 Å². The fourth-order valence-electron chi connectivity index (χ4n) is 3.98. The third kappa shape index (κ3) is 5.80. The van der Waals surface area contributed by atoms with Gasteiger partial charge in [0.15, 0.2) is 0 Å². The van der Waals surface area contributed by atoms with Gasteiger partial charge in [0.2, 0.25) is 5.90 Å². The van der Waals surface area contributed by atoms with Crippen LogP contribution in [0.5, 0.6) is 0 Å². The summed E-state index contributed by atoms with van der Waals surface area (Å²) in [7, 11) is 0. The highest BCUT2D eigenvalue weighted by molar-refractivity contribution is 6.07. The molecule has 1 aliphatic heterocycles. The van der Waals surface area contributed by atoms with Crippen LogP contribution in [0.1, 0.15) is 43.7 Å². The van der Waals surface area contributed by atoms with Crippen LogP contribution in [-0.4, -0.2) is 17.7 Å². The fraction of sp³-hybridized carbons (Fsp3) is 0.333. The topological polar surface area (TPSA) is 43.2 Å². The third-order valence-electron chi connectivity index (χ3n) is 5.77. The van der Waals surface area contributed by atoms with Crippen molar-refractivity contribution >= 4 is 11.6 Å². The Kier molecular flexibility index (Phi) is 7.11. The molecule has 0 saturated heterocycles. The Morgan fingerprint density at radius 2 is 1.65 bits per heavy atom. The second-order valence-corrected chi connectivity index (χ2v) is 8.29. The maximum absolute atomic E-state index is 6.26. The van der Waals surface area contributed by atoms with Crippen LogP contribution in [0.15, 0.2) is 94.7 Å². The van der Waals surface area contributed by atoms with E-state index in [1.54, 1.807) is 0 Å². The van der Waals surface area contributed by atoms with Crippen LogP contribution in [0.25, 0.3) is 0 Å². The van der Waals surface area contributed by atoms with E-state index in [0.717, 1.165) is 28.8 Å². The lowest BCUT2D eigenvalue weighted by atomic mass is 9.86. The first-order valence-corrected chi connectivity index (χ1v) is 11.1. The first-order valence-electron chi connectivity index (χ1n) is 11.1. The monoisotopic (exact) mass is 414 g/mol. The molecule has 0 radical (unpaired) electrons. The maximum atomic E-state index is 6.26. The molecule has 31 heavy (non-hydrogen) atoms. The highest BCUT2D eigenvalue weighted by Gasteiger charge is 2.28. The van der Waals surface area contributed by atoms with Crippen molar-refractivity contribution in [2.45, 2.75) is 51.9 Å². The van der Waals surface area contributed by atoms with Crippen LogP contribution in [-0.2, 0) is 22.7 Å². The summed E-state index contributed by atoms with van der Waals surface area (Å²) in [6, 6.07) is 20.3. The van der Waals surface area contributed by atoms with Crippen molar-refractivity contribution in [1.29, 1.82) is 0 Å². The molecular weight excluding hydrogens is 384 g/mol. The van der Waals surface area contributed by atoms with E-state index >= 15 is 0 Å². The maximum Gasteiger partial charge on any atom is 0.238 e. The van der Waals surface area contributed by atoms with E-state index in [0.29, 0.717) is 31.5 Å². The number of hydrogen-bond acceptors (Lipinski definition) is 4. The molecule has 0 spiro atoms. The second kappa shape index (κ2) is 10.4. The van der Waals surface area contributed by atoms with Gasteiger partial charge < -0.3 is 9.47 Å². The van der Waals surface area contributed by atoms with Gasteiger partial charge in [-0.25, -0.2) is 0 Å². The largest absolute Gasteiger partial charge is 0.473 e. The molecule has 0 fully saturated rings. The van der Waals surface area contributed by atoms with Crippen molar-refractivity contribution in [2.75, 3.05) is 0 Å². The molecule has 0 saturated carbocycles. The van der Waals surface area contributed by atoms with Crippen molar-refractivity contribution in [3.8, 4) is 0 Å². The lowest BCUT2D eigenvalue weighted by Gasteiger charge is -2.26. The second-order valence-electron chi connectivity index (χ2n) is 8.29. The lowest BCUT2D eigenvalue weighted by Crippen LogP contribution is -2.32. The fourth-order valence-corrected chi connectivity index (χ4v) is 3.98. The third-order valence-corrected chi connectivity index (χ3v) is 5.77. The molecule has 2 aliphatic rings. The van der Waals surface area contributed by atoms with Crippen molar-refractivity contribution in [3.63, 3.8) is 0 Å². The van der Waals surface area contributed by atoms with E-state index in [1.165, 1.54) is 18.4 Å². The van der Waals surface area contributed by atoms with Crippen LogP contribution in [0, 0.1) is 5.92 Å². The number of rotatable bonds is 7. The molecule has 4 rings (SSSR count). The van der Waals surface area contributed by atoms with E-state index in [9.17, 15) is 0 Å². The van der Waals surface area contributed by atoms with Gasteiger partial charge in [-0.1, -0.05) is 80.2 Å². The van der Waals surface area contributed by atoms with Crippen molar-refractivity contribution in [3.05, 3.63) is 95.6 Å². The Balaban J connectivity index is 1.49. The number of benzene rings is 2. The van der Waals surface area contributed by atoms with Crippen LogP contribution in [0.3, 0.4) is 0 Å². The summed E-state index contributed by atoms with van der Waals surface area (Å²) >= 11 is 0. The van der Waals surface area contributed by atoms with Crippen LogP contribution in [0.4, 0.5) is 0 Å². The van der Waals surface area contributed by atoms with Gasteiger partial charge in [-0.05, 0) is 47.5 Å². The zero-order valence-corrected chi connectivity index (χ0v) is 18.2. The standard InChI is InChI=1S/C27H30N2O2/c1-20-10-9-15-24(16-20)21(2)25-17-26(30-18-22-11-5-3-6-12-22)27(29-28-25)31-19-23-13-7-4-8-14-23/h3-8,11-14,16,20,26H,2,9-10,15,17-19H2,1H3. The normalized spacial score (nSPS) is 21.0. The molecule has 2 aromatic carbocycles. The smallest absolute Gasteiger partial charge is 0.238 e. The van der Waals surface area contributed by atoms with E-state index in [1.807, 2.05) is 48.5 Å². The van der Waals surface area contributed by atoms with Gasteiger partial charge in [-0.15, -0.1) is 5.10 Å². The Morgan fingerprint density at radius 3 is 2.32 bits per heavy atom. The zero-order valence-electron chi connectivity index (χ0n) is 18.2. The molecule has 0 amide bonds. The van der Waals surface area contributed by atoms with E-state index in [4.69, 9.17) is 9.47 Å². The summed E-state index contributed by atoms with van der Waals surface area (Å²) in [6.07, 6.45) is 6.15. The van der Waals surface area contributed by atoms with Gasteiger partial charge in [0.1, 0.15) is 12.7 Å². The molecule has 4 heteroatoms. The van der Waals surface area contributed by atoms with Crippen molar-refractivity contribution < 1.29 is 9.47 Å². The van der Waals surface area contributed by atoms with Crippen molar-refractivity contribution in [2.24, 2.45) is 16.1 Å². The minimum atomic E-state index is -0.283. The summed E-state index contributed by atoms with van der Waals surface area (Å²) < 4.78 is 12.3. The highest BCUT2D eigenvalue weighted by atomic mass is 16.5. The lowest BCUT2D eigenvalue weighted by molar-refractivity contribution is 0.0667. The minimum absolute atomic E-state index is 0.283. The predicted octanol–water partition coefficient (Wildman–Crippen LogP) is 6.25. The molecule has 4 nitrogen and oxygen atoms in total. The van der Waals surface area contributed by atoms with E-state index in [-0.39, 0.29) is 6.10 Å². The number of ether oxygens (including phenoxy) is 2. The van der Waals surface area contributed by atoms with Gasteiger partial charge >= 0.3 is 0 Å². The SMILES string of the molecule is C=C(C1=CC(C)CCC1)C1=NN=C(OCc2ccccc2)C(OCc2ccccc2)C1. The van der Waals surface area contributed by atoms with E-state index in [2.05, 4.69) is 41.9 Å². The average molecular weight is 415 g/mol. The molecule has 2 aromatic rings. The highest BCUT2D eigenvalue weighted by Crippen LogP contribution is 2.29. The first-order chi connectivity index (χ1) is 15.2. The molecule has 1 aliphatic carbocycles. The Bertz CT molecular complexity index is 977. The summed E-state index contributed by atoms with van der Waals surface area (Å²) in [5.41, 5.74) is 5.39. The molecule has 2 unspecified atom stereocenters. The number of nitrogens with zero attached hydrogens (tertiary/aromatic N) is 2. The van der Waals surface area contributed by atoms with Gasteiger partial charge in [0.25, 0.3) is 0 Å². The average Bonchev–Trinajstić information content (AvgIpc) is 2.82. The molecule has 0 aromatic heterocycles. The quantitative estimate of drug-likeness (QED) is 0.537. The van der Waals surface area contributed by atoms with Gasteiger partial charge in [-0.3, -0.25) is 0 Å². The minimum Gasteiger partial charge on any atom is -0.473 e. The molecule has 0 N–H and O–H groups in total. The number of hydrogen-bond donors (Lipinski definition) is 0. The summed E-state index contributed by atoms with van der Waals surface area (Å²) in [5.74, 6) is 1.12. The van der Waals surface area contributed by atoms with Gasteiger partial charge in [-0.2, -0.15) is 5.10 Å². The Hall–Kier alpha value is -2.98. The van der Waals surface area contributed by atoms with Crippen LogP contribution in [0.2, 0.25) is 0 Å². The predicted molar refractivity (Wildman–Crippen MR) is 126 cm³/mol. The summed E-state index contributed by atoms with van der Waals surface area (Å²) in [5, 5.41) is 8.91. The molecule has 160 valence electrons. The van der Waals surface area contributed by atoms with Gasteiger partial charge in [0.05, 0.1) is 12.3 Å². The molecule has 0 bridgehead atoms.